The van der Waals surface area contributed by atoms with Gasteiger partial charge in [-0.25, -0.2) is 8.78 Å². The zero-order valence-electron chi connectivity index (χ0n) is 10.3. The van der Waals surface area contributed by atoms with Crippen molar-refractivity contribution in [2.24, 2.45) is 0 Å². The maximum absolute atomic E-state index is 13.9. The summed E-state index contributed by atoms with van der Waals surface area (Å²) >= 11 is 0. The lowest BCUT2D eigenvalue weighted by Crippen LogP contribution is -2.45. The molecule has 1 fully saturated rings. The number of amides is 1. The van der Waals surface area contributed by atoms with Crippen LogP contribution in [0.25, 0.3) is 0 Å². The van der Waals surface area contributed by atoms with E-state index >= 15 is 0 Å². The van der Waals surface area contributed by atoms with Gasteiger partial charge in [0.2, 0.25) is 0 Å². The zero-order valence-corrected chi connectivity index (χ0v) is 10.3. The highest BCUT2D eigenvalue weighted by Gasteiger charge is 2.29. The van der Waals surface area contributed by atoms with E-state index in [-0.39, 0.29) is 25.3 Å². The Hall–Kier alpha value is -2.00. The van der Waals surface area contributed by atoms with Crippen molar-refractivity contribution in [1.82, 2.24) is 4.90 Å². The Labute approximate surface area is 109 Å². The number of morpholine rings is 1. The number of aryl methyl sites for hydroxylation is 1. The normalized spacial score (nSPS) is 19.1. The van der Waals surface area contributed by atoms with Crippen molar-refractivity contribution in [1.29, 1.82) is 5.26 Å². The van der Waals surface area contributed by atoms with Crippen LogP contribution in [0.4, 0.5) is 8.78 Å². The Kier molecular flexibility index (Phi) is 3.76. The Morgan fingerprint density at radius 3 is 2.95 bits per heavy atom. The molecule has 0 bridgehead atoms. The number of nitriles is 1. The summed E-state index contributed by atoms with van der Waals surface area (Å²) in [5, 5.41) is 8.75. The van der Waals surface area contributed by atoms with Crippen LogP contribution in [0.1, 0.15) is 15.9 Å². The van der Waals surface area contributed by atoms with E-state index in [9.17, 15) is 13.6 Å². The van der Waals surface area contributed by atoms with E-state index in [1.807, 2.05) is 6.07 Å². The summed E-state index contributed by atoms with van der Waals surface area (Å²) < 4.78 is 32.6. The minimum atomic E-state index is -0.895. The minimum Gasteiger partial charge on any atom is -0.360 e. The van der Waals surface area contributed by atoms with Crippen molar-refractivity contribution < 1.29 is 18.3 Å². The molecule has 1 unspecified atom stereocenters. The number of carbonyl (C=O) groups excluding carboxylic acids is 1. The molecule has 0 saturated carbocycles. The van der Waals surface area contributed by atoms with Gasteiger partial charge in [-0.3, -0.25) is 4.79 Å². The van der Waals surface area contributed by atoms with Crippen LogP contribution in [-0.2, 0) is 4.74 Å². The number of carbonyl (C=O) groups is 1. The number of ether oxygens (including phenoxy) is 1. The Balaban J connectivity index is 2.30. The molecule has 1 aromatic carbocycles. The third-order valence-electron chi connectivity index (χ3n) is 3.00. The topological polar surface area (TPSA) is 53.3 Å². The SMILES string of the molecule is Cc1ccc(F)c(C(=O)N2CCOC(C#N)C2)c1F. The van der Waals surface area contributed by atoms with Gasteiger partial charge in [0.1, 0.15) is 17.2 Å². The lowest BCUT2D eigenvalue weighted by atomic mass is 10.1. The summed E-state index contributed by atoms with van der Waals surface area (Å²) in [7, 11) is 0. The molecule has 1 amide bonds. The molecule has 0 radical (unpaired) electrons. The van der Waals surface area contributed by atoms with Crippen molar-refractivity contribution in [2.45, 2.75) is 13.0 Å². The van der Waals surface area contributed by atoms with Crippen LogP contribution in [0.2, 0.25) is 0 Å². The van der Waals surface area contributed by atoms with Crippen molar-refractivity contribution >= 4 is 5.91 Å². The molecule has 4 nitrogen and oxygen atoms in total. The van der Waals surface area contributed by atoms with Gasteiger partial charge in [-0.1, -0.05) is 6.07 Å². The van der Waals surface area contributed by atoms with E-state index < -0.39 is 29.2 Å². The lowest BCUT2D eigenvalue weighted by molar-refractivity contribution is 0.00303. The fourth-order valence-corrected chi connectivity index (χ4v) is 1.92. The number of benzene rings is 1. The Morgan fingerprint density at radius 1 is 1.53 bits per heavy atom. The fraction of sp³-hybridized carbons (Fsp3) is 0.385. The zero-order chi connectivity index (χ0) is 14.0. The standard InChI is InChI=1S/C13H12F2N2O2/c1-8-2-3-10(14)11(12(8)15)13(18)17-4-5-19-9(6-16)7-17/h2-3,9H,4-5,7H2,1H3. The fourth-order valence-electron chi connectivity index (χ4n) is 1.92. The van der Waals surface area contributed by atoms with Crippen LogP contribution in [0.3, 0.4) is 0 Å². The highest BCUT2D eigenvalue weighted by Crippen LogP contribution is 2.19. The molecule has 0 aliphatic carbocycles. The number of rotatable bonds is 1. The van der Waals surface area contributed by atoms with Gasteiger partial charge in [0.15, 0.2) is 6.10 Å². The van der Waals surface area contributed by atoms with Gasteiger partial charge < -0.3 is 9.64 Å². The van der Waals surface area contributed by atoms with Gasteiger partial charge in [0.25, 0.3) is 5.91 Å². The summed E-state index contributed by atoms with van der Waals surface area (Å²) in [5.74, 6) is -2.50. The van der Waals surface area contributed by atoms with Gasteiger partial charge in [-0.15, -0.1) is 0 Å². The second-order valence-corrected chi connectivity index (χ2v) is 4.29. The van der Waals surface area contributed by atoms with Crippen LogP contribution in [0, 0.1) is 29.9 Å². The molecule has 0 N–H and O–H groups in total. The predicted octanol–water partition coefficient (Wildman–Crippen LogP) is 1.64. The summed E-state index contributed by atoms with van der Waals surface area (Å²) in [6.45, 7) is 1.87. The van der Waals surface area contributed by atoms with Crippen LogP contribution in [-0.4, -0.2) is 36.6 Å². The van der Waals surface area contributed by atoms with Gasteiger partial charge in [0.05, 0.1) is 19.2 Å². The van der Waals surface area contributed by atoms with E-state index in [1.54, 1.807) is 0 Å². The minimum absolute atomic E-state index is 0.0160. The number of halogens is 2. The van der Waals surface area contributed by atoms with Crippen molar-refractivity contribution in [3.05, 3.63) is 34.9 Å². The van der Waals surface area contributed by atoms with Gasteiger partial charge in [0, 0.05) is 6.54 Å². The average Bonchev–Trinajstić information content (AvgIpc) is 2.43. The predicted molar refractivity (Wildman–Crippen MR) is 62.4 cm³/mol. The summed E-state index contributed by atoms with van der Waals surface area (Å²) in [6, 6.07) is 4.22. The third kappa shape index (κ3) is 2.56. The number of nitrogens with zero attached hydrogens (tertiary/aromatic N) is 2. The molecule has 1 atom stereocenters. The molecule has 1 aliphatic heterocycles. The van der Waals surface area contributed by atoms with E-state index in [1.165, 1.54) is 17.9 Å². The highest BCUT2D eigenvalue weighted by molar-refractivity contribution is 5.95. The van der Waals surface area contributed by atoms with Crippen LogP contribution in [0.5, 0.6) is 0 Å². The first-order valence-electron chi connectivity index (χ1n) is 5.79. The number of hydrogen-bond acceptors (Lipinski definition) is 3. The molecule has 6 heteroatoms. The summed E-state index contributed by atoms with van der Waals surface area (Å²) in [4.78, 5) is 13.4. The van der Waals surface area contributed by atoms with Crippen LogP contribution in [0.15, 0.2) is 12.1 Å². The molecule has 100 valence electrons. The molecule has 0 spiro atoms. The van der Waals surface area contributed by atoms with Gasteiger partial charge in [-0.2, -0.15) is 5.26 Å². The van der Waals surface area contributed by atoms with E-state index in [0.717, 1.165) is 6.07 Å². The summed E-state index contributed by atoms with van der Waals surface area (Å²) in [5.41, 5.74) is -0.367. The summed E-state index contributed by atoms with van der Waals surface area (Å²) in [6.07, 6.45) is -0.756. The second kappa shape index (κ2) is 5.33. The monoisotopic (exact) mass is 266 g/mol. The smallest absolute Gasteiger partial charge is 0.260 e. The van der Waals surface area contributed by atoms with E-state index in [4.69, 9.17) is 10.00 Å². The van der Waals surface area contributed by atoms with Gasteiger partial charge in [-0.05, 0) is 18.6 Å². The highest BCUT2D eigenvalue weighted by atomic mass is 19.1. The largest absolute Gasteiger partial charge is 0.360 e. The molecule has 1 heterocycles. The van der Waals surface area contributed by atoms with Crippen LogP contribution < -0.4 is 0 Å². The maximum Gasteiger partial charge on any atom is 0.260 e. The van der Waals surface area contributed by atoms with Gasteiger partial charge >= 0.3 is 0 Å². The second-order valence-electron chi connectivity index (χ2n) is 4.29. The average molecular weight is 266 g/mol. The lowest BCUT2D eigenvalue weighted by Gasteiger charge is -2.30. The van der Waals surface area contributed by atoms with E-state index in [0.29, 0.717) is 0 Å². The molecular weight excluding hydrogens is 254 g/mol. The first kappa shape index (κ1) is 13.4. The molecular formula is C13H12F2N2O2. The molecule has 0 aromatic heterocycles. The van der Waals surface area contributed by atoms with E-state index in [2.05, 4.69) is 0 Å². The molecule has 1 aliphatic rings. The quantitative estimate of drug-likeness (QED) is 0.776. The Morgan fingerprint density at radius 2 is 2.26 bits per heavy atom. The molecule has 19 heavy (non-hydrogen) atoms. The first-order valence-corrected chi connectivity index (χ1v) is 5.79. The molecule has 1 aromatic rings. The molecule has 1 saturated heterocycles. The van der Waals surface area contributed by atoms with Crippen molar-refractivity contribution in [3.8, 4) is 6.07 Å². The van der Waals surface area contributed by atoms with Crippen LogP contribution >= 0.6 is 0 Å². The Bertz CT molecular complexity index is 554. The van der Waals surface area contributed by atoms with Crippen molar-refractivity contribution in [3.63, 3.8) is 0 Å². The first-order chi connectivity index (χ1) is 9.04. The maximum atomic E-state index is 13.9. The number of hydrogen-bond donors (Lipinski definition) is 0. The third-order valence-corrected chi connectivity index (χ3v) is 3.00. The molecule has 2 rings (SSSR count). The van der Waals surface area contributed by atoms with Crippen molar-refractivity contribution in [2.75, 3.05) is 19.7 Å².